The van der Waals surface area contributed by atoms with Crippen molar-refractivity contribution in [3.8, 4) is 0 Å². The van der Waals surface area contributed by atoms with E-state index in [0.717, 1.165) is 38.6 Å². The monoisotopic (exact) mass is 285 g/mol. The topological polar surface area (TPSA) is 40.5 Å². The zero-order valence-electron chi connectivity index (χ0n) is 13.5. The SMILES string of the molecule is CCCCCCCCN(CCCO)CCCCCC=O. The Morgan fingerprint density at radius 3 is 1.95 bits per heavy atom. The van der Waals surface area contributed by atoms with Crippen LogP contribution < -0.4 is 0 Å². The van der Waals surface area contributed by atoms with Crippen LogP contribution in [-0.4, -0.2) is 42.5 Å². The highest BCUT2D eigenvalue weighted by molar-refractivity contribution is 5.48. The molecule has 0 radical (unpaired) electrons. The first-order chi connectivity index (χ1) is 9.85. The average molecular weight is 285 g/mol. The van der Waals surface area contributed by atoms with Gasteiger partial charge in [-0.25, -0.2) is 0 Å². The molecule has 0 aliphatic carbocycles. The van der Waals surface area contributed by atoms with E-state index in [1.54, 1.807) is 0 Å². The Morgan fingerprint density at radius 1 is 0.800 bits per heavy atom. The number of aldehydes is 1. The number of rotatable bonds is 16. The van der Waals surface area contributed by atoms with Crippen LogP contribution in [0.5, 0.6) is 0 Å². The second kappa shape index (κ2) is 16.6. The molecule has 0 saturated heterocycles. The Hall–Kier alpha value is -0.410. The molecular weight excluding hydrogens is 250 g/mol. The predicted molar refractivity (Wildman–Crippen MR) is 86.1 cm³/mol. The van der Waals surface area contributed by atoms with Crippen LogP contribution in [0.2, 0.25) is 0 Å². The first kappa shape index (κ1) is 19.6. The summed E-state index contributed by atoms with van der Waals surface area (Å²) in [6, 6.07) is 0. The number of carbonyl (C=O) groups excluding carboxylic acids is 1. The van der Waals surface area contributed by atoms with Gasteiger partial charge in [-0.2, -0.15) is 0 Å². The molecule has 3 heteroatoms. The zero-order valence-corrected chi connectivity index (χ0v) is 13.5. The molecule has 0 aromatic carbocycles. The number of hydrogen-bond acceptors (Lipinski definition) is 3. The molecule has 1 N–H and O–H groups in total. The molecule has 0 aliphatic heterocycles. The second-order valence-electron chi connectivity index (χ2n) is 5.70. The molecule has 120 valence electrons. The normalized spacial score (nSPS) is 11.2. The highest BCUT2D eigenvalue weighted by atomic mass is 16.3. The standard InChI is InChI=1S/C17H35NO2/c1-2-3-4-5-6-9-13-18(15-12-17-20)14-10-7-8-11-16-19/h16,20H,2-15,17H2,1H3. The van der Waals surface area contributed by atoms with Crippen molar-refractivity contribution in [1.82, 2.24) is 4.90 Å². The number of hydrogen-bond donors (Lipinski definition) is 1. The molecule has 0 aliphatic rings. The summed E-state index contributed by atoms with van der Waals surface area (Å²) in [4.78, 5) is 12.7. The van der Waals surface area contributed by atoms with Gasteiger partial charge in [0.1, 0.15) is 6.29 Å². The Bertz CT molecular complexity index is 197. The zero-order chi connectivity index (χ0) is 14.9. The van der Waals surface area contributed by atoms with Crippen LogP contribution in [0.4, 0.5) is 0 Å². The van der Waals surface area contributed by atoms with E-state index in [2.05, 4.69) is 11.8 Å². The molecular formula is C17H35NO2. The summed E-state index contributed by atoms with van der Waals surface area (Å²) in [7, 11) is 0. The lowest BCUT2D eigenvalue weighted by Crippen LogP contribution is -2.27. The minimum absolute atomic E-state index is 0.290. The van der Waals surface area contributed by atoms with E-state index in [1.807, 2.05) is 0 Å². The Labute approximate surface area is 125 Å². The number of nitrogens with zero attached hydrogens (tertiary/aromatic N) is 1. The van der Waals surface area contributed by atoms with Gasteiger partial charge in [0.15, 0.2) is 0 Å². The van der Waals surface area contributed by atoms with E-state index >= 15 is 0 Å². The summed E-state index contributed by atoms with van der Waals surface area (Å²) >= 11 is 0. The third-order valence-electron chi connectivity index (χ3n) is 3.76. The van der Waals surface area contributed by atoms with Crippen molar-refractivity contribution in [2.75, 3.05) is 26.2 Å². The molecule has 0 spiro atoms. The molecule has 0 bridgehead atoms. The minimum Gasteiger partial charge on any atom is -0.396 e. The molecule has 0 amide bonds. The summed E-state index contributed by atoms with van der Waals surface area (Å²) in [5.74, 6) is 0. The van der Waals surface area contributed by atoms with E-state index in [-0.39, 0.29) is 6.61 Å². The van der Waals surface area contributed by atoms with Gasteiger partial charge >= 0.3 is 0 Å². The maximum Gasteiger partial charge on any atom is 0.119 e. The quantitative estimate of drug-likeness (QED) is 0.346. The summed E-state index contributed by atoms with van der Waals surface area (Å²) in [6.07, 6.45) is 14.0. The van der Waals surface area contributed by atoms with Crippen molar-refractivity contribution in [2.45, 2.75) is 77.6 Å². The molecule has 0 atom stereocenters. The molecule has 0 aromatic rings. The smallest absolute Gasteiger partial charge is 0.119 e. The summed E-state index contributed by atoms with van der Waals surface area (Å²) in [6.45, 7) is 5.84. The Balaban J connectivity index is 3.58. The van der Waals surface area contributed by atoms with Gasteiger partial charge in [0.2, 0.25) is 0 Å². The van der Waals surface area contributed by atoms with Gasteiger partial charge in [0.25, 0.3) is 0 Å². The minimum atomic E-state index is 0.290. The second-order valence-corrected chi connectivity index (χ2v) is 5.70. The molecule has 3 nitrogen and oxygen atoms in total. The molecule has 0 unspecified atom stereocenters. The molecule has 0 rings (SSSR count). The van der Waals surface area contributed by atoms with E-state index < -0.39 is 0 Å². The van der Waals surface area contributed by atoms with Crippen LogP contribution in [0.3, 0.4) is 0 Å². The van der Waals surface area contributed by atoms with E-state index in [0.29, 0.717) is 6.42 Å². The van der Waals surface area contributed by atoms with Crippen LogP contribution in [0.1, 0.15) is 77.6 Å². The van der Waals surface area contributed by atoms with E-state index in [9.17, 15) is 4.79 Å². The Kier molecular flexibility index (Phi) is 16.3. The van der Waals surface area contributed by atoms with Crippen molar-refractivity contribution < 1.29 is 9.90 Å². The van der Waals surface area contributed by atoms with Crippen LogP contribution in [0.15, 0.2) is 0 Å². The number of unbranched alkanes of at least 4 members (excludes halogenated alkanes) is 8. The Morgan fingerprint density at radius 2 is 1.35 bits per heavy atom. The fourth-order valence-electron chi connectivity index (χ4n) is 2.49. The van der Waals surface area contributed by atoms with Gasteiger partial charge in [-0.3, -0.25) is 0 Å². The van der Waals surface area contributed by atoms with Crippen LogP contribution in [-0.2, 0) is 4.79 Å². The highest BCUT2D eigenvalue weighted by Gasteiger charge is 2.04. The van der Waals surface area contributed by atoms with Gasteiger partial charge in [-0.05, 0) is 38.8 Å². The molecule has 0 aromatic heterocycles. The third-order valence-corrected chi connectivity index (χ3v) is 3.76. The maximum atomic E-state index is 10.3. The lowest BCUT2D eigenvalue weighted by Gasteiger charge is -2.21. The summed E-state index contributed by atoms with van der Waals surface area (Å²) in [5.41, 5.74) is 0. The first-order valence-electron chi connectivity index (χ1n) is 8.62. The third kappa shape index (κ3) is 14.0. The number of aliphatic hydroxyl groups excluding tert-OH is 1. The van der Waals surface area contributed by atoms with E-state index in [1.165, 1.54) is 51.5 Å². The van der Waals surface area contributed by atoms with Gasteiger partial charge in [0, 0.05) is 19.6 Å². The van der Waals surface area contributed by atoms with Gasteiger partial charge < -0.3 is 14.8 Å². The van der Waals surface area contributed by atoms with Gasteiger partial charge in [-0.1, -0.05) is 45.4 Å². The molecule has 0 fully saturated rings. The van der Waals surface area contributed by atoms with Gasteiger partial charge in [0.05, 0.1) is 0 Å². The number of aliphatic hydroxyl groups is 1. The predicted octanol–water partition coefficient (Wildman–Crippen LogP) is 3.79. The fraction of sp³-hybridized carbons (Fsp3) is 0.941. The molecule has 0 heterocycles. The lowest BCUT2D eigenvalue weighted by atomic mass is 10.1. The summed E-state index contributed by atoms with van der Waals surface area (Å²) in [5, 5.41) is 8.96. The van der Waals surface area contributed by atoms with Crippen molar-refractivity contribution in [3.05, 3.63) is 0 Å². The van der Waals surface area contributed by atoms with Gasteiger partial charge in [-0.15, -0.1) is 0 Å². The van der Waals surface area contributed by atoms with Crippen LogP contribution in [0, 0.1) is 0 Å². The average Bonchev–Trinajstić information content (AvgIpc) is 2.47. The number of carbonyl (C=O) groups is 1. The first-order valence-corrected chi connectivity index (χ1v) is 8.62. The molecule has 20 heavy (non-hydrogen) atoms. The fourth-order valence-corrected chi connectivity index (χ4v) is 2.49. The lowest BCUT2D eigenvalue weighted by molar-refractivity contribution is -0.107. The maximum absolute atomic E-state index is 10.3. The van der Waals surface area contributed by atoms with E-state index in [4.69, 9.17) is 5.11 Å². The van der Waals surface area contributed by atoms with Crippen LogP contribution >= 0.6 is 0 Å². The van der Waals surface area contributed by atoms with Crippen molar-refractivity contribution in [1.29, 1.82) is 0 Å². The van der Waals surface area contributed by atoms with Crippen molar-refractivity contribution in [3.63, 3.8) is 0 Å². The van der Waals surface area contributed by atoms with Crippen molar-refractivity contribution in [2.24, 2.45) is 0 Å². The van der Waals surface area contributed by atoms with Crippen LogP contribution in [0.25, 0.3) is 0 Å². The largest absolute Gasteiger partial charge is 0.396 e. The molecule has 0 saturated carbocycles. The highest BCUT2D eigenvalue weighted by Crippen LogP contribution is 2.07. The van der Waals surface area contributed by atoms with Crippen molar-refractivity contribution >= 4 is 6.29 Å². The summed E-state index contributed by atoms with van der Waals surface area (Å²) < 4.78 is 0.